The van der Waals surface area contributed by atoms with E-state index in [1.165, 1.54) is 0 Å². The number of para-hydroxylation sites is 2. The quantitative estimate of drug-likeness (QED) is 0.632. The fourth-order valence-corrected chi connectivity index (χ4v) is 3.94. The zero-order valence-electron chi connectivity index (χ0n) is 16.6. The van der Waals surface area contributed by atoms with E-state index in [0.29, 0.717) is 12.1 Å². The first kappa shape index (κ1) is 18.6. The van der Waals surface area contributed by atoms with Crippen LogP contribution in [0.2, 0.25) is 0 Å². The molecule has 0 saturated heterocycles. The van der Waals surface area contributed by atoms with Crippen molar-refractivity contribution in [1.82, 2.24) is 4.90 Å². The number of hydrogen-bond acceptors (Lipinski definition) is 5. The molecule has 0 fully saturated rings. The Morgan fingerprint density at radius 3 is 2.82 bits per heavy atom. The smallest absolute Gasteiger partial charge is 0.336 e. The van der Waals surface area contributed by atoms with Crippen LogP contribution in [-0.2, 0) is 6.54 Å². The van der Waals surface area contributed by atoms with Gasteiger partial charge in [0.2, 0.25) is 0 Å². The average Bonchev–Trinajstić information content (AvgIpc) is 2.66. The summed E-state index contributed by atoms with van der Waals surface area (Å²) in [5, 5.41) is 0.988. The van der Waals surface area contributed by atoms with Crippen LogP contribution in [0.25, 0.3) is 11.0 Å². The van der Waals surface area contributed by atoms with Crippen molar-refractivity contribution in [3.05, 3.63) is 70.1 Å². The number of fused-ring (bicyclic) bond motifs is 2. The summed E-state index contributed by atoms with van der Waals surface area (Å²) in [6.45, 7) is 7.41. The van der Waals surface area contributed by atoms with Gasteiger partial charge in [-0.2, -0.15) is 0 Å². The van der Waals surface area contributed by atoms with Gasteiger partial charge in [0.1, 0.15) is 17.4 Å². The van der Waals surface area contributed by atoms with Crippen molar-refractivity contribution in [3.8, 4) is 5.75 Å². The first-order valence-electron chi connectivity index (χ1n) is 9.76. The summed E-state index contributed by atoms with van der Waals surface area (Å²) in [4.78, 5) is 16.6. The van der Waals surface area contributed by atoms with Crippen molar-refractivity contribution < 1.29 is 9.15 Å². The van der Waals surface area contributed by atoms with Crippen molar-refractivity contribution in [2.45, 2.75) is 26.5 Å². The van der Waals surface area contributed by atoms with Gasteiger partial charge in [-0.15, -0.1) is 0 Å². The lowest BCUT2D eigenvalue weighted by molar-refractivity contribution is 0.140. The minimum absolute atomic E-state index is 0.0773. The third kappa shape index (κ3) is 3.76. The molecule has 3 aromatic rings. The zero-order chi connectivity index (χ0) is 19.7. The molecular formula is C23H26N2O3. The van der Waals surface area contributed by atoms with Crippen LogP contribution in [-0.4, -0.2) is 37.7 Å². The number of nitrogens with zero attached hydrogens (tertiary/aromatic N) is 2. The van der Waals surface area contributed by atoms with Crippen LogP contribution < -0.4 is 15.3 Å². The van der Waals surface area contributed by atoms with Crippen molar-refractivity contribution in [1.29, 1.82) is 0 Å². The number of benzene rings is 2. The van der Waals surface area contributed by atoms with Crippen LogP contribution in [0.3, 0.4) is 0 Å². The summed E-state index contributed by atoms with van der Waals surface area (Å²) < 4.78 is 11.6. The number of rotatable bonds is 5. The second kappa shape index (κ2) is 7.68. The first-order chi connectivity index (χ1) is 13.5. The third-order valence-electron chi connectivity index (χ3n) is 5.25. The fourth-order valence-electron chi connectivity index (χ4n) is 3.94. The maximum atomic E-state index is 12.0. The predicted octanol–water partition coefficient (Wildman–Crippen LogP) is 3.82. The lowest BCUT2D eigenvalue weighted by Gasteiger charge is -2.37. The van der Waals surface area contributed by atoms with E-state index in [9.17, 15) is 4.79 Å². The van der Waals surface area contributed by atoms with Gasteiger partial charge in [-0.3, -0.25) is 4.90 Å². The molecule has 5 nitrogen and oxygen atoms in total. The molecular weight excluding hydrogens is 352 g/mol. The van der Waals surface area contributed by atoms with E-state index < -0.39 is 0 Å². The molecule has 5 heteroatoms. The van der Waals surface area contributed by atoms with Gasteiger partial charge in [0.15, 0.2) is 0 Å². The predicted molar refractivity (Wildman–Crippen MR) is 112 cm³/mol. The van der Waals surface area contributed by atoms with E-state index in [-0.39, 0.29) is 11.7 Å². The zero-order valence-corrected chi connectivity index (χ0v) is 16.6. The van der Waals surface area contributed by atoms with Crippen LogP contribution in [0.15, 0.2) is 57.7 Å². The Morgan fingerprint density at radius 2 is 2.00 bits per heavy atom. The van der Waals surface area contributed by atoms with Crippen LogP contribution in [0, 0.1) is 6.92 Å². The Labute approximate surface area is 165 Å². The Bertz CT molecular complexity index is 1040. The Hall–Kier alpha value is -2.79. The summed E-state index contributed by atoms with van der Waals surface area (Å²) in [7, 11) is 2.06. The van der Waals surface area contributed by atoms with E-state index in [1.807, 2.05) is 43.3 Å². The molecule has 4 rings (SSSR count). The lowest BCUT2D eigenvalue weighted by Crippen LogP contribution is -2.45. The maximum Gasteiger partial charge on any atom is 0.336 e. The first-order valence-corrected chi connectivity index (χ1v) is 9.76. The van der Waals surface area contributed by atoms with Gasteiger partial charge in [-0.25, -0.2) is 4.79 Å². The second-order valence-corrected chi connectivity index (χ2v) is 7.53. The highest BCUT2D eigenvalue weighted by Crippen LogP contribution is 2.33. The molecule has 0 N–H and O–H groups in total. The molecule has 1 atom stereocenters. The molecule has 28 heavy (non-hydrogen) atoms. The van der Waals surface area contributed by atoms with Gasteiger partial charge in [0.25, 0.3) is 0 Å². The summed E-state index contributed by atoms with van der Waals surface area (Å²) in [5.74, 6) is 0.940. The van der Waals surface area contributed by atoms with Crippen molar-refractivity contribution in [2.24, 2.45) is 0 Å². The molecule has 1 aliphatic heterocycles. The lowest BCUT2D eigenvalue weighted by atomic mass is 10.1. The van der Waals surface area contributed by atoms with Crippen LogP contribution >= 0.6 is 0 Å². The largest absolute Gasteiger partial charge is 0.485 e. The van der Waals surface area contributed by atoms with Crippen molar-refractivity contribution in [3.63, 3.8) is 0 Å². The van der Waals surface area contributed by atoms with E-state index in [1.54, 1.807) is 6.07 Å². The molecule has 1 aliphatic rings. The van der Waals surface area contributed by atoms with Crippen LogP contribution in [0.4, 0.5) is 5.69 Å². The van der Waals surface area contributed by atoms with Gasteiger partial charge < -0.3 is 14.1 Å². The number of aryl methyl sites for hydroxylation is 1. The molecule has 0 saturated carbocycles. The van der Waals surface area contributed by atoms with Crippen molar-refractivity contribution in [2.75, 3.05) is 31.6 Å². The second-order valence-electron chi connectivity index (χ2n) is 7.53. The summed E-state index contributed by atoms with van der Waals surface area (Å²) >= 11 is 0. The molecule has 2 heterocycles. The van der Waals surface area contributed by atoms with Crippen LogP contribution in [0.5, 0.6) is 5.75 Å². The van der Waals surface area contributed by atoms with Crippen LogP contribution in [0.1, 0.15) is 18.1 Å². The highest BCUT2D eigenvalue weighted by molar-refractivity contribution is 5.80. The summed E-state index contributed by atoms with van der Waals surface area (Å²) in [5.41, 5.74) is 3.57. The molecule has 0 bridgehead atoms. The topological polar surface area (TPSA) is 45.9 Å². The minimum atomic E-state index is -0.304. The summed E-state index contributed by atoms with van der Waals surface area (Å²) in [6.07, 6.45) is 0.0773. The minimum Gasteiger partial charge on any atom is -0.485 e. The van der Waals surface area contributed by atoms with E-state index in [2.05, 4.69) is 29.8 Å². The Morgan fingerprint density at radius 1 is 1.18 bits per heavy atom. The monoisotopic (exact) mass is 378 g/mol. The molecule has 0 spiro atoms. The van der Waals surface area contributed by atoms with Gasteiger partial charge in [0, 0.05) is 31.1 Å². The van der Waals surface area contributed by atoms with E-state index >= 15 is 0 Å². The van der Waals surface area contributed by atoms with Gasteiger partial charge in [-0.05, 0) is 50.2 Å². The SMILES string of the molecule is CCN1CC(CN(C)Cc2cc(=O)oc3cc(C)ccc23)Oc2ccccc21. The molecule has 0 amide bonds. The van der Waals surface area contributed by atoms with Gasteiger partial charge in [-0.1, -0.05) is 24.3 Å². The standard InChI is InChI=1S/C23H26N2O3/c1-4-25-15-18(27-21-8-6-5-7-20(21)25)14-24(3)13-17-12-23(26)28-22-11-16(2)9-10-19(17)22/h5-12,18H,4,13-15H2,1-3H3. The average molecular weight is 378 g/mol. The Balaban J connectivity index is 1.52. The highest BCUT2D eigenvalue weighted by atomic mass is 16.5. The highest BCUT2D eigenvalue weighted by Gasteiger charge is 2.25. The van der Waals surface area contributed by atoms with Gasteiger partial charge >= 0.3 is 5.63 Å². The van der Waals surface area contributed by atoms with Gasteiger partial charge in [0.05, 0.1) is 12.2 Å². The third-order valence-corrected chi connectivity index (χ3v) is 5.25. The summed E-state index contributed by atoms with van der Waals surface area (Å²) in [6, 6.07) is 15.8. The molecule has 1 aromatic heterocycles. The molecule has 2 aromatic carbocycles. The fraction of sp³-hybridized carbons (Fsp3) is 0.348. The molecule has 0 radical (unpaired) electrons. The van der Waals surface area contributed by atoms with Crippen molar-refractivity contribution >= 4 is 16.7 Å². The maximum absolute atomic E-state index is 12.0. The number of hydrogen-bond donors (Lipinski definition) is 0. The number of anilines is 1. The van der Waals surface area contributed by atoms with E-state index in [4.69, 9.17) is 9.15 Å². The van der Waals surface area contributed by atoms with E-state index in [0.717, 1.165) is 47.6 Å². The Kier molecular flexibility index (Phi) is 5.09. The molecule has 0 aliphatic carbocycles. The number of likely N-dealkylation sites (N-methyl/N-ethyl adjacent to an activating group) is 2. The number of ether oxygens (including phenoxy) is 1. The molecule has 1 unspecified atom stereocenters. The molecule has 146 valence electrons. The normalized spacial score (nSPS) is 16.3.